The van der Waals surface area contributed by atoms with E-state index in [9.17, 15) is 9.59 Å². The average Bonchev–Trinajstić information content (AvgIpc) is 2.66. The van der Waals surface area contributed by atoms with E-state index >= 15 is 0 Å². The fraction of sp³-hybridized carbons (Fsp3) is 0.500. The van der Waals surface area contributed by atoms with Gasteiger partial charge in [0.1, 0.15) is 0 Å². The maximum atomic E-state index is 12.0. The molecule has 0 aliphatic rings. The van der Waals surface area contributed by atoms with Crippen LogP contribution < -0.4 is 5.32 Å². The summed E-state index contributed by atoms with van der Waals surface area (Å²) in [4.78, 5) is 26.8. The molecule has 0 atom stereocenters. The minimum Gasteiger partial charge on any atom is -0.471 e. The number of unbranched alkanes of at least 4 members (excludes halogenated alkanes) is 6. The van der Waals surface area contributed by atoms with E-state index in [4.69, 9.17) is 11.3 Å². The highest BCUT2D eigenvalue weighted by atomic mass is 16.5. The predicted molar refractivity (Wildman–Crippen MR) is 109 cm³/mol. The summed E-state index contributed by atoms with van der Waals surface area (Å²) in [5.74, 6) is -0.611. The molecule has 1 amide bonds. The molecule has 27 heavy (non-hydrogen) atoms. The molecule has 0 saturated heterocycles. The van der Waals surface area contributed by atoms with Gasteiger partial charge in [-0.2, -0.15) is 0 Å². The molecule has 5 heteroatoms. The topological polar surface area (TPSA) is 59.8 Å². The van der Waals surface area contributed by atoms with Crippen molar-refractivity contribution >= 4 is 23.6 Å². The van der Waals surface area contributed by atoms with E-state index in [1.165, 1.54) is 38.2 Å². The SMILES string of the molecule is [C-]#[N+]C(=Cc1ccc(NC(=O)CCCCCCCCC)cc1)C(=O)OCC. The van der Waals surface area contributed by atoms with Crippen LogP contribution in [-0.4, -0.2) is 18.5 Å². The van der Waals surface area contributed by atoms with Gasteiger partial charge < -0.3 is 10.1 Å². The van der Waals surface area contributed by atoms with Gasteiger partial charge in [-0.1, -0.05) is 57.6 Å². The molecule has 0 bridgehead atoms. The van der Waals surface area contributed by atoms with Gasteiger partial charge in [0.2, 0.25) is 5.91 Å². The summed E-state index contributed by atoms with van der Waals surface area (Å²) in [6.07, 6.45) is 10.3. The summed E-state index contributed by atoms with van der Waals surface area (Å²) in [6.45, 7) is 11.2. The van der Waals surface area contributed by atoms with Crippen molar-refractivity contribution in [2.24, 2.45) is 0 Å². The summed E-state index contributed by atoms with van der Waals surface area (Å²) in [6, 6.07) is 7.05. The Morgan fingerprint density at radius 3 is 2.26 bits per heavy atom. The van der Waals surface area contributed by atoms with Crippen molar-refractivity contribution < 1.29 is 14.3 Å². The summed E-state index contributed by atoms with van der Waals surface area (Å²) in [5, 5.41) is 2.88. The molecule has 1 aromatic rings. The molecule has 0 aromatic heterocycles. The van der Waals surface area contributed by atoms with Crippen LogP contribution in [0.3, 0.4) is 0 Å². The zero-order valence-electron chi connectivity index (χ0n) is 16.4. The first-order chi connectivity index (χ1) is 13.1. The molecule has 0 heterocycles. The lowest BCUT2D eigenvalue weighted by Crippen LogP contribution is -2.10. The highest BCUT2D eigenvalue weighted by molar-refractivity contribution is 5.95. The van der Waals surface area contributed by atoms with Gasteiger partial charge in [-0.05, 0) is 37.1 Å². The number of carbonyl (C=O) groups is 2. The zero-order valence-corrected chi connectivity index (χ0v) is 16.4. The van der Waals surface area contributed by atoms with Gasteiger partial charge in [-0.15, -0.1) is 0 Å². The van der Waals surface area contributed by atoms with Gasteiger partial charge in [0.15, 0.2) is 0 Å². The van der Waals surface area contributed by atoms with Gasteiger partial charge in [0, 0.05) is 12.1 Å². The van der Waals surface area contributed by atoms with Crippen molar-refractivity contribution in [2.45, 2.75) is 65.2 Å². The van der Waals surface area contributed by atoms with Crippen LogP contribution in [0, 0.1) is 6.57 Å². The van der Waals surface area contributed by atoms with Crippen LogP contribution in [0.4, 0.5) is 5.69 Å². The monoisotopic (exact) mass is 370 g/mol. The number of anilines is 1. The molecule has 0 saturated carbocycles. The predicted octanol–water partition coefficient (Wildman–Crippen LogP) is 5.59. The van der Waals surface area contributed by atoms with Crippen LogP contribution in [0.5, 0.6) is 0 Å². The fourth-order valence-electron chi connectivity index (χ4n) is 2.63. The highest BCUT2D eigenvalue weighted by Crippen LogP contribution is 2.15. The molecule has 0 fully saturated rings. The number of amides is 1. The van der Waals surface area contributed by atoms with Crippen molar-refractivity contribution in [2.75, 3.05) is 11.9 Å². The number of ether oxygens (including phenoxy) is 1. The van der Waals surface area contributed by atoms with Crippen molar-refractivity contribution in [3.63, 3.8) is 0 Å². The Hall–Kier alpha value is -2.61. The van der Waals surface area contributed by atoms with Crippen LogP contribution in [0.15, 0.2) is 30.0 Å². The normalized spacial score (nSPS) is 10.9. The summed E-state index contributed by atoms with van der Waals surface area (Å²) >= 11 is 0. The standard InChI is InChI=1S/C22H30N2O3/c1-4-6-7-8-9-10-11-12-21(25)24-19-15-13-18(14-16-19)17-20(23-3)22(26)27-5-2/h13-17H,4-12H2,1-2H3,(H,24,25). The Morgan fingerprint density at radius 1 is 1.04 bits per heavy atom. The molecule has 0 unspecified atom stereocenters. The summed E-state index contributed by atoms with van der Waals surface area (Å²) in [5.41, 5.74) is 1.35. The summed E-state index contributed by atoms with van der Waals surface area (Å²) < 4.78 is 4.84. The van der Waals surface area contributed by atoms with Crippen LogP contribution in [0.2, 0.25) is 0 Å². The van der Waals surface area contributed by atoms with E-state index in [2.05, 4.69) is 17.1 Å². The molecule has 1 rings (SSSR count). The third kappa shape index (κ3) is 9.60. The maximum Gasteiger partial charge on any atom is 0.336 e. The van der Waals surface area contributed by atoms with Crippen molar-refractivity contribution in [1.82, 2.24) is 0 Å². The first-order valence-corrected chi connectivity index (χ1v) is 9.76. The van der Waals surface area contributed by atoms with E-state index in [1.54, 1.807) is 31.2 Å². The second-order valence-corrected chi connectivity index (χ2v) is 6.40. The average molecular weight is 370 g/mol. The molecule has 0 aliphatic carbocycles. The first-order valence-electron chi connectivity index (χ1n) is 9.76. The highest BCUT2D eigenvalue weighted by Gasteiger charge is 2.10. The number of carbonyl (C=O) groups excluding carboxylic acids is 2. The summed E-state index contributed by atoms with van der Waals surface area (Å²) in [7, 11) is 0. The minimum atomic E-state index is -0.625. The smallest absolute Gasteiger partial charge is 0.336 e. The zero-order chi connectivity index (χ0) is 19.9. The molecule has 146 valence electrons. The number of benzene rings is 1. The lowest BCUT2D eigenvalue weighted by molar-refractivity contribution is -0.138. The van der Waals surface area contributed by atoms with Crippen LogP contribution in [0.25, 0.3) is 10.9 Å². The van der Waals surface area contributed by atoms with Gasteiger partial charge in [0.05, 0.1) is 13.2 Å². The Balaban J connectivity index is 2.42. The quantitative estimate of drug-likeness (QED) is 0.226. The van der Waals surface area contributed by atoms with Crippen molar-refractivity contribution in [1.29, 1.82) is 0 Å². The molecule has 0 spiro atoms. The Morgan fingerprint density at radius 2 is 1.67 bits per heavy atom. The number of rotatable bonds is 12. The number of nitrogens with zero attached hydrogens (tertiary/aromatic N) is 1. The fourth-order valence-corrected chi connectivity index (χ4v) is 2.63. The van der Waals surface area contributed by atoms with Gasteiger partial charge in [-0.3, -0.25) is 9.59 Å². The van der Waals surface area contributed by atoms with Crippen molar-refractivity contribution in [3.8, 4) is 0 Å². The van der Waals surface area contributed by atoms with E-state index in [1.807, 2.05) is 0 Å². The third-order valence-corrected chi connectivity index (χ3v) is 4.11. The Bertz CT molecular complexity index is 657. The van der Waals surface area contributed by atoms with E-state index < -0.39 is 5.97 Å². The molecule has 5 nitrogen and oxygen atoms in total. The van der Waals surface area contributed by atoms with E-state index in [0.717, 1.165) is 12.8 Å². The third-order valence-electron chi connectivity index (χ3n) is 4.11. The van der Waals surface area contributed by atoms with Gasteiger partial charge in [0.25, 0.3) is 5.70 Å². The molecular formula is C22H30N2O3. The molecule has 1 aromatic carbocycles. The van der Waals surface area contributed by atoms with Crippen LogP contribution in [-0.2, 0) is 14.3 Å². The number of hydrogen-bond acceptors (Lipinski definition) is 3. The minimum absolute atomic E-state index is 0.0141. The van der Waals surface area contributed by atoms with E-state index in [0.29, 0.717) is 17.7 Å². The second-order valence-electron chi connectivity index (χ2n) is 6.40. The maximum absolute atomic E-state index is 12.0. The van der Waals surface area contributed by atoms with Crippen LogP contribution in [0.1, 0.15) is 70.8 Å². The van der Waals surface area contributed by atoms with E-state index in [-0.39, 0.29) is 18.2 Å². The second kappa shape index (κ2) is 13.6. The van der Waals surface area contributed by atoms with Gasteiger partial charge >= 0.3 is 5.97 Å². The van der Waals surface area contributed by atoms with Gasteiger partial charge in [-0.25, -0.2) is 4.85 Å². The Labute approximate surface area is 162 Å². The number of nitrogens with one attached hydrogen (secondary N) is 1. The largest absolute Gasteiger partial charge is 0.471 e. The number of hydrogen-bond donors (Lipinski definition) is 1. The number of esters is 1. The molecule has 0 radical (unpaired) electrons. The lowest BCUT2D eigenvalue weighted by Gasteiger charge is -2.06. The Kier molecular flexibility index (Phi) is 11.3. The van der Waals surface area contributed by atoms with Crippen LogP contribution >= 0.6 is 0 Å². The lowest BCUT2D eigenvalue weighted by atomic mass is 10.1. The first kappa shape index (κ1) is 22.4. The molecule has 1 N–H and O–H groups in total. The molecular weight excluding hydrogens is 340 g/mol. The van der Waals surface area contributed by atoms with Crippen molar-refractivity contribution in [3.05, 3.63) is 46.9 Å². The molecule has 0 aliphatic heterocycles.